The summed E-state index contributed by atoms with van der Waals surface area (Å²) in [6.45, 7) is 11.1. The topological polar surface area (TPSA) is 114 Å². The molecule has 3 amide bonds. The lowest BCUT2D eigenvalue weighted by Gasteiger charge is -2.32. The zero-order valence-electron chi connectivity index (χ0n) is 21.7. The molecule has 3 unspecified atom stereocenters. The van der Waals surface area contributed by atoms with E-state index in [1.165, 1.54) is 0 Å². The van der Waals surface area contributed by atoms with Crippen LogP contribution in [-0.4, -0.2) is 60.1 Å². The largest absolute Gasteiger partial charge is 0.466 e. The summed E-state index contributed by atoms with van der Waals surface area (Å²) in [5.74, 6) is -0.939. The Morgan fingerprint density at radius 3 is 2.23 bits per heavy atom. The molecule has 9 heteroatoms. The zero-order valence-corrected chi connectivity index (χ0v) is 21.7. The summed E-state index contributed by atoms with van der Waals surface area (Å²) in [5, 5.41) is 5.29. The highest BCUT2D eigenvalue weighted by atomic mass is 16.6. The molecule has 0 aromatic heterocycles. The quantitative estimate of drug-likeness (QED) is 0.462. The van der Waals surface area contributed by atoms with Crippen LogP contribution in [0.4, 0.5) is 4.79 Å². The zero-order chi connectivity index (χ0) is 26.2. The molecule has 1 aliphatic carbocycles. The predicted octanol–water partition coefficient (Wildman–Crippen LogP) is 3.12. The lowest BCUT2D eigenvalue weighted by Crippen LogP contribution is -2.49. The smallest absolute Gasteiger partial charge is 0.408 e. The number of hydrogen-bond donors (Lipinski definition) is 2. The molecule has 9 nitrogen and oxygen atoms in total. The number of nitrogens with zero attached hydrogens (tertiary/aromatic N) is 1. The molecule has 35 heavy (non-hydrogen) atoms. The third kappa shape index (κ3) is 8.88. The SMILES string of the molecule is CCOC(=O)CCNC(=O)C(c1ccc(CC)cc1)N(C(=O)CNC(=O)OC(C)(C)C)C1CC1C. The molecular formula is C26H39N3O6. The Labute approximate surface area is 207 Å². The van der Waals surface area contributed by atoms with E-state index >= 15 is 0 Å². The maximum atomic E-state index is 13.4. The van der Waals surface area contributed by atoms with Crippen molar-refractivity contribution >= 4 is 23.9 Å². The number of hydrogen-bond acceptors (Lipinski definition) is 6. The molecule has 0 aliphatic heterocycles. The van der Waals surface area contributed by atoms with Crippen molar-refractivity contribution in [2.75, 3.05) is 19.7 Å². The van der Waals surface area contributed by atoms with Gasteiger partial charge in [0.05, 0.1) is 13.0 Å². The highest BCUT2D eigenvalue weighted by molar-refractivity contribution is 5.91. The molecule has 0 saturated heterocycles. The number of carbonyl (C=O) groups excluding carboxylic acids is 4. The van der Waals surface area contributed by atoms with Crippen LogP contribution in [0.25, 0.3) is 0 Å². The van der Waals surface area contributed by atoms with E-state index in [9.17, 15) is 19.2 Å². The standard InChI is InChI=1S/C26H39N3O6/c1-7-18-9-11-19(12-10-18)23(24(32)27-14-13-22(31)34-8-2)29(20-15-17(20)3)21(30)16-28-25(33)35-26(4,5)6/h9-12,17,20,23H,7-8,13-16H2,1-6H3,(H,27,32)(H,28,33). The second kappa shape index (κ2) is 12.6. The predicted molar refractivity (Wildman–Crippen MR) is 131 cm³/mol. The molecule has 1 saturated carbocycles. The molecule has 2 N–H and O–H groups in total. The molecule has 0 bridgehead atoms. The summed E-state index contributed by atoms with van der Waals surface area (Å²) in [4.78, 5) is 52.1. The normalized spacial score (nSPS) is 17.7. The van der Waals surface area contributed by atoms with Gasteiger partial charge in [-0.2, -0.15) is 0 Å². The Morgan fingerprint density at radius 1 is 1.09 bits per heavy atom. The van der Waals surface area contributed by atoms with Gasteiger partial charge in [-0.3, -0.25) is 14.4 Å². The molecule has 3 atom stereocenters. The van der Waals surface area contributed by atoms with Gasteiger partial charge in [0.15, 0.2) is 0 Å². The van der Waals surface area contributed by atoms with Gasteiger partial charge in [-0.15, -0.1) is 0 Å². The summed E-state index contributed by atoms with van der Waals surface area (Å²) in [5.41, 5.74) is 1.08. The summed E-state index contributed by atoms with van der Waals surface area (Å²) >= 11 is 0. The third-order valence-corrected chi connectivity index (χ3v) is 5.66. The number of rotatable bonds is 11. The molecule has 0 spiro atoms. The van der Waals surface area contributed by atoms with Gasteiger partial charge in [0.1, 0.15) is 18.2 Å². The van der Waals surface area contributed by atoms with E-state index in [4.69, 9.17) is 9.47 Å². The van der Waals surface area contributed by atoms with Crippen LogP contribution in [-0.2, 0) is 30.3 Å². The molecule has 1 aliphatic rings. The average Bonchev–Trinajstić information content (AvgIpc) is 3.50. The van der Waals surface area contributed by atoms with E-state index in [-0.39, 0.29) is 49.9 Å². The number of benzene rings is 1. The van der Waals surface area contributed by atoms with E-state index in [1.54, 1.807) is 32.6 Å². The minimum Gasteiger partial charge on any atom is -0.466 e. The van der Waals surface area contributed by atoms with E-state index < -0.39 is 23.7 Å². The van der Waals surface area contributed by atoms with Gasteiger partial charge in [-0.05, 0) is 57.6 Å². The highest BCUT2D eigenvalue weighted by Crippen LogP contribution is 2.40. The van der Waals surface area contributed by atoms with Crippen LogP contribution in [0.3, 0.4) is 0 Å². The van der Waals surface area contributed by atoms with Crippen molar-refractivity contribution in [3.05, 3.63) is 35.4 Å². The fourth-order valence-electron chi connectivity index (χ4n) is 3.76. The Morgan fingerprint density at radius 2 is 1.71 bits per heavy atom. The van der Waals surface area contributed by atoms with Crippen LogP contribution in [0.2, 0.25) is 0 Å². The van der Waals surface area contributed by atoms with E-state index in [1.807, 2.05) is 38.1 Å². The molecule has 1 aromatic carbocycles. The summed E-state index contributed by atoms with van der Waals surface area (Å²) in [6, 6.07) is 6.55. The number of alkyl carbamates (subject to hydrolysis) is 1. The van der Waals surface area contributed by atoms with Crippen LogP contribution in [0.5, 0.6) is 0 Å². The number of esters is 1. The van der Waals surface area contributed by atoms with Crippen LogP contribution in [0, 0.1) is 5.92 Å². The van der Waals surface area contributed by atoms with Crippen LogP contribution < -0.4 is 10.6 Å². The average molecular weight is 490 g/mol. The number of amides is 3. The fraction of sp³-hybridized carbons (Fsp3) is 0.615. The Balaban J connectivity index is 2.24. The Kier molecular flexibility index (Phi) is 10.1. The van der Waals surface area contributed by atoms with Crippen molar-refractivity contribution in [1.82, 2.24) is 15.5 Å². The van der Waals surface area contributed by atoms with Gasteiger partial charge in [-0.1, -0.05) is 38.1 Å². The fourth-order valence-corrected chi connectivity index (χ4v) is 3.76. The first-order valence-electron chi connectivity index (χ1n) is 12.3. The highest BCUT2D eigenvalue weighted by Gasteiger charge is 2.46. The van der Waals surface area contributed by atoms with Crippen molar-refractivity contribution in [3.63, 3.8) is 0 Å². The van der Waals surface area contributed by atoms with Crippen LogP contribution in [0.1, 0.15) is 71.6 Å². The van der Waals surface area contributed by atoms with Crippen molar-refractivity contribution in [1.29, 1.82) is 0 Å². The Hall–Kier alpha value is -3.10. The summed E-state index contributed by atoms with van der Waals surface area (Å²) in [7, 11) is 0. The van der Waals surface area contributed by atoms with Gasteiger partial charge < -0.3 is 25.0 Å². The second-order valence-electron chi connectivity index (χ2n) is 9.78. The van der Waals surface area contributed by atoms with E-state index in [2.05, 4.69) is 10.6 Å². The monoisotopic (exact) mass is 489 g/mol. The first kappa shape index (κ1) is 28.1. The number of aryl methyl sites for hydroxylation is 1. The molecular weight excluding hydrogens is 450 g/mol. The minimum atomic E-state index is -0.897. The molecule has 194 valence electrons. The lowest BCUT2D eigenvalue weighted by molar-refractivity contribution is -0.144. The van der Waals surface area contributed by atoms with Gasteiger partial charge in [0.25, 0.3) is 0 Å². The number of carbonyl (C=O) groups is 4. The van der Waals surface area contributed by atoms with E-state index in [0.717, 1.165) is 18.4 Å². The van der Waals surface area contributed by atoms with Gasteiger partial charge in [0, 0.05) is 12.6 Å². The minimum absolute atomic E-state index is 0.0368. The number of ether oxygens (including phenoxy) is 2. The van der Waals surface area contributed by atoms with Crippen molar-refractivity contribution in [2.24, 2.45) is 5.92 Å². The molecule has 0 heterocycles. The molecule has 1 fully saturated rings. The summed E-state index contributed by atoms with van der Waals surface area (Å²) < 4.78 is 10.2. The third-order valence-electron chi connectivity index (χ3n) is 5.66. The van der Waals surface area contributed by atoms with Crippen molar-refractivity contribution in [2.45, 2.75) is 78.5 Å². The van der Waals surface area contributed by atoms with Crippen molar-refractivity contribution < 1.29 is 28.7 Å². The van der Waals surface area contributed by atoms with Gasteiger partial charge in [0.2, 0.25) is 11.8 Å². The molecule has 0 radical (unpaired) electrons. The van der Waals surface area contributed by atoms with Crippen LogP contribution >= 0.6 is 0 Å². The van der Waals surface area contributed by atoms with E-state index in [0.29, 0.717) is 5.56 Å². The lowest BCUT2D eigenvalue weighted by atomic mass is 10.0. The maximum Gasteiger partial charge on any atom is 0.408 e. The van der Waals surface area contributed by atoms with Gasteiger partial charge >= 0.3 is 12.1 Å². The first-order chi connectivity index (χ1) is 16.5. The second-order valence-corrected chi connectivity index (χ2v) is 9.78. The number of nitrogens with one attached hydrogen (secondary N) is 2. The molecule has 1 aromatic rings. The van der Waals surface area contributed by atoms with Crippen molar-refractivity contribution in [3.8, 4) is 0 Å². The maximum absolute atomic E-state index is 13.4. The van der Waals surface area contributed by atoms with Gasteiger partial charge in [-0.25, -0.2) is 4.79 Å². The molecule has 2 rings (SSSR count). The van der Waals surface area contributed by atoms with Crippen LogP contribution in [0.15, 0.2) is 24.3 Å². The Bertz CT molecular complexity index is 893. The summed E-state index contributed by atoms with van der Waals surface area (Å²) in [6.07, 6.45) is 0.948. The first-order valence-corrected chi connectivity index (χ1v) is 12.3.